The summed E-state index contributed by atoms with van der Waals surface area (Å²) in [4.78, 5) is 27.1. The second-order valence-corrected chi connectivity index (χ2v) is 6.52. The Hall–Kier alpha value is -3.08. The monoisotopic (exact) mass is 350 g/mol. The molecule has 3 aromatic rings. The van der Waals surface area contributed by atoms with Crippen LogP contribution in [0.3, 0.4) is 0 Å². The van der Waals surface area contributed by atoms with Gasteiger partial charge in [-0.1, -0.05) is 44.2 Å². The molecule has 2 aromatic carbocycles. The highest BCUT2D eigenvalue weighted by atomic mass is 16.5. The van der Waals surface area contributed by atoms with Crippen LogP contribution >= 0.6 is 0 Å². The van der Waals surface area contributed by atoms with Crippen molar-refractivity contribution in [1.29, 1.82) is 0 Å². The molecule has 0 radical (unpaired) electrons. The summed E-state index contributed by atoms with van der Waals surface area (Å²) < 4.78 is 5.10. The van der Waals surface area contributed by atoms with Crippen molar-refractivity contribution in [2.75, 3.05) is 11.9 Å². The van der Waals surface area contributed by atoms with Crippen molar-refractivity contribution >= 4 is 28.5 Å². The molecule has 5 heteroatoms. The lowest BCUT2D eigenvalue weighted by Crippen LogP contribution is -2.21. The second kappa shape index (κ2) is 7.87. The van der Waals surface area contributed by atoms with Gasteiger partial charge >= 0.3 is 5.97 Å². The van der Waals surface area contributed by atoms with Crippen LogP contribution in [0.1, 0.15) is 30.9 Å². The van der Waals surface area contributed by atoms with Crippen LogP contribution in [-0.4, -0.2) is 23.5 Å². The summed E-state index contributed by atoms with van der Waals surface area (Å²) in [7, 11) is 0. The van der Waals surface area contributed by atoms with E-state index in [1.165, 1.54) is 5.56 Å². The lowest BCUT2D eigenvalue weighted by molar-refractivity contribution is -0.146. The van der Waals surface area contributed by atoms with Crippen LogP contribution < -0.4 is 5.32 Å². The number of hydrogen-bond acceptors (Lipinski definition) is 3. The summed E-state index contributed by atoms with van der Waals surface area (Å²) in [6.45, 7) is 3.93. The quantitative estimate of drug-likeness (QED) is 0.660. The largest absolute Gasteiger partial charge is 0.455 e. The second-order valence-electron chi connectivity index (χ2n) is 6.52. The molecular formula is C21H22N2O3. The molecule has 26 heavy (non-hydrogen) atoms. The maximum atomic E-state index is 12.0. The van der Waals surface area contributed by atoms with Gasteiger partial charge in [0.2, 0.25) is 0 Å². The van der Waals surface area contributed by atoms with E-state index in [4.69, 9.17) is 4.74 Å². The van der Waals surface area contributed by atoms with E-state index in [2.05, 4.69) is 24.1 Å². The molecule has 2 N–H and O–H groups in total. The minimum absolute atomic E-state index is 0.125. The number of ether oxygens (including phenoxy) is 1. The van der Waals surface area contributed by atoms with Gasteiger partial charge in [0.1, 0.15) is 0 Å². The van der Waals surface area contributed by atoms with E-state index in [1.807, 2.05) is 48.5 Å². The molecule has 0 aliphatic carbocycles. The van der Waals surface area contributed by atoms with Crippen LogP contribution in [0, 0.1) is 0 Å². The number of esters is 1. The third-order valence-electron chi connectivity index (χ3n) is 4.24. The Morgan fingerprint density at radius 1 is 1.08 bits per heavy atom. The minimum Gasteiger partial charge on any atom is -0.455 e. The Balaban J connectivity index is 1.50. The van der Waals surface area contributed by atoms with Crippen LogP contribution in [0.15, 0.2) is 54.7 Å². The summed E-state index contributed by atoms with van der Waals surface area (Å²) >= 11 is 0. The standard InChI is InChI=1S/C21H22N2O3/c1-14(2)15-7-9-17(10-8-15)23-20(24)13-26-21(25)11-16-12-22-19-6-4-3-5-18(16)19/h3-10,12,14,22H,11,13H2,1-2H3,(H,23,24). The number of carbonyl (C=O) groups is 2. The number of aromatic amines is 1. The number of fused-ring (bicyclic) bond motifs is 1. The number of benzene rings is 2. The molecule has 1 amide bonds. The molecule has 0 bridgehead atoms. The molecule has 134 valence electrons. The third kappa shape index (κ3) is 4.30. The maximum absolute atomic E-state index is 12.0. The Labute approximate surface area is 152 Å². The topological polar surface area (TPSA) is 71.2 Å². The van der Waals surface area contributed by atoms with Crippen molar-refractivity contribution in [1.82, 2.24) is 4.98 Å². The number of amides is 1. The van der Waals surface area contributed by atoms with Crippen molar-refractivity contribution in [3.8, 4) is 0 Å². The molecule has 0 aliphatic rings. The normalized spacial score (nSPS) is 10.9. The van der Waals surface area contributed by atoms with Crippen LogP contribution in [0.2, 0.25) is 0 Å². The van der Waals surface area contributed by atoms with E-state index in [-0.39, 0.29) is 18.9 Å². The number of nitrogens with one attached hydrogen (secondary N) is 2. The molecule has 0 fully saturated rings. The smallest absolute Gasteiger partial charge is 0.310 e. The number of H-pyrrole nitrogens is 1. The molecule has 0 spiro atoms. The molecule has 5 nitrogen and oxygen atoms in total. The van der Waals surface area contributed by atoms with E-state index >= 15 is 0 Å². The molecule has 0 atom stereocenters. The fraction of sp³-hybridized carbons (Fsp3) is 0.238. The number of carbonyl (C=O) groups excluding carboxylic acids is 2. The molecule has 0 aliphatic heterocycles. The van der Waals surface area contributed by atoms with Gasteiger partial charge < -0.3 is 15.0 Å². The van der Waals surface area contributed by atoms with Crippen molar-refractivity contribution in [2.24, 2.45) is 0 Å². The highest BCUT2D eigenvalue weighted by Gasteiger charge is 2.12. The summed E-state index contributed by atoms with van der Waals surface area (Å²) in [5.74, 6) is -0.347. The predicted octanol–water partition coefficient (Wildman–Crippen LogP) is 4.02. The molecule has 1 aromatic heterocycles. The maximum Gasteiger partial charge on any atom is 0.310 e. The highest BCUT2D eigenvalue weighted by Crippen LogP contribution is 2.19. The van der Waals surface area contributed by atoms with Crippen LogP contribution in [0.4, 0.5) is 5.69 Å². The lowest BCUT2D eigenvalue weighted by Gasteiger charge is -2.09. The number of aromatic nitrogens is 1. The van der Waals surface area contributed by atoms with Gasteiger partial charge in [-0.2, -0.15) is 0 Å². The third-order valence-corrected chi connectivity index (χ3v) is 4.24. The van der Waals surface area contributed by atoms with Gasteiger partial charge in [0, 0.05) is 22.8 Å². The van der Waals surface area contributed by atoms with Crippen LogP contribution in [0.25, 0.3) is 10.9 Å². The van der Waals surface area contributed by atoms with Gasteiger partial charge in [0.25, 0.3) is 5.91 Å². The molecular weight excluding hydrogens is 328 g/mol. The van der Waals surface area contributed by atoms with Gasteiger partial charge in [-0.15, -0.1) is 0 Å². The van der Waals surface area contributed by atoms with Gasteiger partial charge in [-0.25, -0.2) is 0 Å². The Kier molecular flexibility index (Phi) is 5.37. The van der Waals surface area contributed by atoms with E-state index in [0.717, 1.165) is 16.5 Å². The average molecular weight is 350 g/mol. The zero-order valence-corrected chi connectivity index (χ0v) is 14.9. The number of rotatable bonds is 6. The van der Waals surface area contributed by atoms with E-state index in [1.54, 1.807) is 6.20 Å². The lowest BCUT2D eigenvalue weighted by atomic mass is 10.0. The summed E-state index contributed by atoms with van der Waals surface area (Å²) in [6, 6.07) is 15.4. The first-order valence-corrected chi connectivity index (χ1v) is 8.63. The summed E-state index contributed by atoms with van der Waals surface area (Å²) in [5, 5.41) is 3.71. The molecule has 0 unspecified atom stereocenters. The highest BCUT2D eigenvalue weighted by molar-refractivity contribution is 5.93. The Morgan fingerprint density at radius 3 is 2.54 bits per heavy atom. The number of hydrogen-bond donors (Lipinski definition) is 2. The zero-order chi connectivity index (χ0) is 18.5. The minimum atomic E-state index is -0.431. The van der Waals surface area contributed by atoms with E-state index in [9.17, 15) is 9.59 Å². The predicted molar refractivity (Wildman–Crippen MR) is 102 cm³/mol. The average Bonchev–Trinajstić information content (AvgIpc) is 3.03. The van der Waals surface area contributed by atoms with Crippen molar-refractivity contribution in [3.63, 3.8) is 0 Å². The number of anilines is 1. The molecule has 0 saturated carbocycles. The fourth-order valence-electron chi connectivity index (χ4n) is 2.78. The molecule has 1 heterocycles. The van der Waals surface area contributed by atoms with Crippen molar-refractivity contribution in [3.05, 3.63) is 65.9 Å². The SMILES string of the molecule is CC(C)c1ccc(NC(=O)COC(=O)Cc2c[nH]c3ccccc23)cc1. The van der Waals surface area contributed by atoms with Gasteiger partial charge in [0.05, 0.1) is 6.42 Å². The summed E-state index contributed by atoms with van der Waals surface area (Å²) in [5.41, 5.74) is 3.72. The van der Waals surface area contributed by atoms with Crippen LogP contribution in [-0.2, 0) is 20.7 Å². The van der Waals surface area contributed by atoms with Crippen molar-refractivity contribution < 1.29 is 14.3 Å². The fourth-order valence-corrected chi connectivity index (χ4v) is 2.78. The zero-order valence-electron chi connectivity index (χ0n) is 14.9. The summed E-state index contributed by atoms with van der Waals surface area (Å²) in [6.07, 6.45) is 1.92. The Morgan fingerprint density at radius 2 is 1.81 bits per heavy atom. The molecule has 3 rings (SSSR count). The van der Waals surface area contributed by atoms with Gasteiger partial charge in [-0.05, 0) is 35.2 Å². The van der Waals surface area contributed by atoms with Gasteiger partial charge in [-0.3, -0.25) is 9.59 Å². The number of para-hydroxylation sites is 1. The van der Waals surface area contributed by atoms with Gasteiger partial charge in [0.15, 0.2) is 6.61 Å². The first kappa shape index (κ1) is 17.7. The van der Waals surface area contributed by atoms with Crippen molar-refractivity contribution in [2.45, 2.75) is 26.2 Å². The first-order valence-electron chi connectivity index (χ1n) is 8.63. The van der Waals surface area contributed by atoms with E-state index < -0.39 is 5.97 Å². The Bertz CT molecular complexity index is 910. The molecule has 0 saturated heterocycles. The first-order chi connectivity index (χ1) is 12.5. The van der Waals surface area contributed by atoms with E-state index in [0.29, 0.717) is 11.6 Å². The van der Waals surface area contributed by atoms with Crippen LogP contribution in [0.5, 0.6) is 0 Å².